The average molecular weight is 284 g/mol. The number of nitrogens with zero attached hydrogens (tertiary/aromatic N) is 1. The van der Waals surface area contributed by atoms with Crippen molar-refractivity contribution in [1.82, 2.24) is 10.3 Å². The summed E-state index contributed by atoms with van der Waals surface area (Å²) in [4.78, 5) is 4.38. The lowest BCUT2D eigenvalue weighted by molar-refractivity contribution is 0.223. The zero-order valence-corrected chi connectivity index (χ0v) is 13.3. The van der Waals surface area contributed by atoms with Crippen LogP contribution in [0.3, 0.4) is 0 Å². The van der Waals surface area contributed by atoms with E-state index >= 15 is 0 Å². The maximum Gasteiger partial charge on any atom is 0.128 e. The SMILES string of the molecule is Cc1cc(OC(C)c2ccccc2)c(CNC(C)C)cn1. The van der Waals surface area contributed by atoms with Gasteiger partial charge in [0.05, 0.1) is 0 Å². The molecule has 0 bridgehead atoms. The third-order valence-corrected chi connectivity index (χ3v) is 3.35. The molecule has 1 aromatic heterocycles. The molecule has 21 heavy (non-hydrogen) atoms. The van der Waals surface area contributed by atoms with Crippen LogP contribution in [0.4, 0.5) is 0 Å². The molecule has 2 aromatic rings. The molecule has 1 unspecified atom stereocenters. The van der Waals surface area contributed by atoms with Crippen molar-refractivity contribution in [2.75, 3.05) is 0 Å². The summed E-state index contributed by atoms with van der Waals surface area (Å²) in [5, 5.41) is 3.41. The van der Waals surface area contributed by atoms with Gasteiger partial charge >= 0.3 is 0 Å². The Labute approximate surface area is 127 Å². The highest BCUT2D eigenvalue weighted by atomic mass is 16.5. The van der Waals surface area contributed by atoms with Crippen LogP contribution in [0, 0.1) is 6.92 Å². The highest BCUT2D eigenvalue weighted by molar-refractivity contribution is 5.34. The van der Waals surface area contributed by atoms with Crippen LogP contribution in [-0.4, -0.2) is 11.0 Å². The zero-order valence-electron chi connectivity index (χ0n) is 13.3. The number of pyridine rings is 1. The van der Waals surface area contributed by atoms with Crippen molar-refractivity contribution in [2.24, 2.45) is 0 Å². The molecule has 0 saturated carbocycles. The zero-order chi connectivity index (χ0) is 15.2. The summed E-state index contributed by atoms with van der Waals surface area (Å²) in [7, 11) is 0. The first-order chi connectivity index (χ1) is 10.1. The van der Waals surface area contributed by atoms with E-state index in [1.165, 1.54) is 5.56 Å². The summed E-state index contributed by atoms with van der Waals surface area (Å²) in [5.41, 5.74) is 3.24. The molecule has 1 atom stereocenters. The number of ether oxygens (including phenoxy) is 1. The third-order valence-electron chi connectivity index (χ3n) is 3.35. The molecule has 112 valence electrons. The van der Waals surface area contributed by atoms with E-state index in [0.717, 1.165) is 23.6 Å². The van der Waals surface area contributed by atoms with E-state index < -0.39 is 0 Å². The van der Waals surface area contributed by atoms with Crippen molar-refractivity contribution >= 4 is 0 Å². The molecule has 0 radical (unpaired) electrons. The first-order valence-corrected chi connectivity index (χ1v) is 7.46. The van der Waals surface area contributed by atoms with Gasteiger partial charge in [-0.05, 0) is 19.4 Å². The highest BCUT2D eigenvalue weighted by Crippen LogP contribution is 2.25. The Balaban J connectivity index is 2.16. The van der Waals surface area contributed by atoms with Crippen LogP contribution < -0.4 is 10.1 Å². The van der Waals surface area contributed by atoms with Crippen LogP contribution in [0.25, 0.3) is 0 Å². The second-order valence-electron chi connectivity index (χ2n) is 5.64. The summed E-state index contributed by atoms with van der Waals surface area (Å²) >= 11 is 0. The van der Waals surface area contributed by atoms with Gasteiger partial charge in [-0.3, -0.25) is 4.98 Å². The summed E-state index contributed by atoms with van der Waals surface area (Å²) < 4.78 is 6.16. The van der Waals surface area contributed by atoms with Gasteiger partial charge in [0.1, 0.15) is 11.9 Å². The Morgan fingerprint density at radius 3 is 2.52 bits per heavy atom. The minimum absolute atomic E-state index is 0.0193. The Hall–Kier alpha value is -1.87. The smallest absolute Gasteiger partial charge is 0.128 e. The Kier molecular flexibility index (Phi) is 5.34. The van der Waals surface area contributed by atoms with Crippen molar-refractivity contribution < 1.29 is 4.74 Å². The molecule has 1 aromatic carbocycles. The maximum absolute atomic E-state index is 6.16. The number of aromatic nitrogens is 1. The fraction of sp³-hybridized carbons (Fsp3) is 0.389. The predicted molar refractivity (Wildman–Crippen MR) is 86.4 cm³/mol. The lowest BCUT2D eigenvalue weighted by Gasteiger charge is -2.19. The lowest BCUT2D eigenvalue weighted by atomic mass is 10.1. The van der Waals surface area contributed by atoms with Gasteiger partial charge in [-0.25, -0.2) is 0 Å². The van der Waals surface area contributed by atoms with Gasteiger partial charge in [0.2, 0.25) is 0 Å². The number of hydrogen-bond acceptors (Lipinski definition) is 3. The maximum atomic E-state index is 6.16. The van der Waals surface area contributed by atoms with E-state index in [0.29, 0.717) is 6.04 Å². The van der Waals surface area contributed by atoms with Crippen LogP contribution in [0.5, 0.6) is 5.75 Å². The topological polar surface area (TPSA) is 34.1 Å². The standard InChI is InChI=1S/C18H24N2O/c1-13(2)19-11-17-12-20-14(3)10-18(17)21-15(4)16-8-6-5-7-9-16/h5-10,12-13,15,19H,11H2,1-4H3. The average Bonchev–Trinajstić information content (AvgIpc) is 2.47. The minimum Gasteiger partial charge on any atom is -0.486 e. The summed E-state index contributed by atoms with van der Waals surface area (Å²) in [6.07, 6.45) is 1.92. The van der Waals surface area contributed by atoms with E-state index in [-0.39, 0.29) is 6.10 Å². The van der Waals surface area contributed by atoms with E-state index in [4.69, 9.17) is 4.74 Å². The molecule has 1 heterocycles. The molecule has 3 nitrogen and oxygen atoms in total. The number of hydrogen-bond donors (Lipinski definition) is 1. The monoisotopic (exact) mass is 284 g/mol. The van der Waals surface area contributed by atoms with Crippen LogP contribution in [0.1, 0.15) is 43.7 Å². The van der Waals surface area contributed by atoms with Crippen molar-refractivity contribution in [2.45, 2.75) is 46.4 Å². The molecule has 0 aliphatic rings. The van der Waals surface area contributed by atoms with Crippen molar-refractivity contribution in [1.29, 1.82) is 0 Å². The molecule has 0 saturated heterocycles. The molecular weight excluding hydrogens is 260 g/mol. The van der Waals surface area contributed by atoms with Gasteiger partial charge < -0.3 is 10.1 Å². The Bertz CT molecular complexity index is 567. The first kappa shape index (κ1) is 15.5. The van der Waals surface area contributed by atoms with Crippen LogP contribution in [0.2, 0.25) is 0 Å². The van der Waals surface area contributed by atoms with E-state index in [2.05, 4.69) is 43.2 Å². The predicted octanol–water partition coefficient (Wildman–Crippen LogP) is 4.03. The molecule has 0 aliphatic heterocycles. The van der Waals surface area contributed by atoms with Crippen LogP contribution in [0.15, 0.2) is 42.6 Å². The van der Waals surface area contributed by atoms with Gasteiger partial charge in [0.15, 0.2) is 0 Å². The van der Waals surface area contributed by atoms with E-state index in [9.17, 15) is 0 Å². The van der Waals surface area contributed by atoms with Crippen molar-refractivity contribution in [3.05, 3.63) is 59.4 Å². The van der Waals surface area contributed by atoms with E-state index in [1.807, 2.05) is 37.4 Å². The third kappa shape index (κ3) is 4.57. The molecule has 0 fully saturated rings. The summed E-state index contributed by atoms with van der Waals surface area (Å²) in [6.45, 7) is 9.09. The lowest BCUT2D eigenvalue weighted by Crippen LogP contribution is -2.22. The van der Waals surface area contributed by atoms with Gasteiger partial charge in [-0.2, -0.15) is 0 Å². The molecule has 3 heteroatoms. The second-order valence-corrected chi connectivity index (χ2v) is 5.64. The molecule has 2 rings (SSSR count). The minimum atomic E-state index is 0.0193. The normalized spacial score (nSPS) is 12.4. The quantitative estimate of drug-likeness (QED) is 0.869. The van der Waals surface area contributed by atoms with Gasteiger partial charge in [-0.15, -0.1) is 0 Å². The molecule has 0 amide bonds. The Morgan fingerprint density at radius 2 is 1.86 bits per heavy atom. The number of aryl methyl sites for hydroxylation is 1. The largest absolute Gasteiger partial charge is 0.486 e. The van der Waals surface area contributed by atoms with Gasteiger partial charge in [0.25, 0.3) is 0 Å². The number of nitrogens with one attached hydrogen (secondary N) is 1. The fourth-order valence-electron chi connectivity index (χ4n) is 2.10. The van der Waals surface area contributed by atoms with Crippen LogP contribution in [-0.2, 0) is 6.54 Å². The summed E-state index contributed by atoms with van der Waals surface area (Å²) in [5.74, 6) is 0.909. The van der Waals surface area contributed by atoms with Gasteiger partial charge in [-0.1, -0.05) is 44.2 Å². The van der Waals surface area contributed by atoms with Crippen LogP contribution >= 0.6 is 0 Å². The first-order valence-electron chi connectivity index (χ1n) is 7.46. The fourth-order valence-corrected chi connectivity index (χ4v) is 2.10. The molecule has 0 aliphatic carbocycles. The molecule has 0 spiro atoms. The summed E-state index contributed by atoms with van der Waals surface area (Å²) in [6, 6.07) is 12.7. The second kappa shape index (κ2) is 7.23. The van der Waals surface area contributed by atoms with Crippen molar-refractivity contribution in [3.8, 4) is 5.75 Å². The van der Waals surface area contributed by atoms with Gasteiger partial charge in [0, 0.05) is 36.1 Å². The number of rotatable bonds is 6. The Morgan fingerprint density at radius 1 is 1.14 bits per heavy atom. The highest BCUT2D eigenvalue weighted by Gasteiger charge is 2.11. The number of benzene rings is 1. The molecule has 1 N–H and O–H groups in total. The molecular formula is C18H24N2O. The van der Waals surface area contributed by atoms with Crippen molar-refractivity contribution in [3.63, 3.8) is 0 Å². The van der Waals surface area contributed by atoms with E-state index in [1.54, 1.807) is 0 Å².